The topological polar surface area (TPSA) is 28.2 Å². The Bertz CT molecular complexity index is 365. The van der Waals surface area contributed by atoms with Crippen LogP contribution in [0.1, 0.15) is 45.1 Å². The second-order valence-corrected chi connectivity index (χ2v) is 5.29. The summed E-state index contributed by atoms with van der Waals surface area (Å²) >= 11 is 0. The maximum atomic E-state index is 4.36. The highest BCUT2D eigenvalue weighted by Gasteiger charge is 2.18. The van der Waals surface area contributed by atoms with E-state index in [2.05, 4.69) is 41.2 Å². The molecule has 2 rings (SSSR count). The largest absolute Gasteiger partial charge is 0.370 e. The average Bonchev–Trinajstić information content (AvgIpc) is 2.40. The number of nitrogens with zero attached hydrogens (tertiary/aromatic N) is 2. The molecule has 1 fully saturated rings. The average molecular weight is 247 g/mol. The molecular formula is C15H25N3. The van der Waals surface area contributed by atoms with Crippen molar-refractivity contribution in [3.8, 4) is 0 Å². The summed E-state index contributed by atoms with van der Waals surface area (Å²) in [6, 6.07) is 5.05. The lowest BCUT2D eigenvalue weighted by Gasteiger charge is -2.33. The second kappa shape index (κ2) is 6.74. The van der Waals surface area contributed by atoms with Gasteiger partial charge in [0.05, 0.1) is 0 Å². The lowest BCUT2D eigenvalue weighted by Crippen LogP contribution is -2.36. The Hall–Kier alpha value is -1.09. The zero-order valence-electron chi connectivity index (χ0n) is 11.7. The van der Waals surface area contributed by atoms with Crippen molar-refractivity contribution in [2.24, 2.45) is 0 Å². The molecule has 0 bridgehead atoms. The van der Waals surface area contributed by atoms with Crippen molar-refractivity contribution in [2.45, 2.75) is 52.1 Å². The predicted molar refractivity (Wildman–Crippen MR) is 76.7 cm³/mol. The Kier molecular flexibility index (Phi) is 5.00. The molecule has 0 saturated carbocycles. The molecule has 0 radical (unpaired) electrons. The van der Waals surface area contributed by atoms with E-state index in [1.165, 1.54) is 31.4 Å². The highest BCUT2D eigenvalue weighted by Crippen LogP contribution is 2.19. The molecule has 3 heteroatoms. The third kappa shape index (κ3) is 3.70. The fraction of sp³-hybridized carbons (Fsp3) is 0.667. The Labute approximate surface area is 111 Å². The minimum atomic E-state index is 0.721. The molecule has 1 aliphatic rings. The molecule has 0 amide bonds. The molecule has 0 aliphatic carbocycles. The van der Waals surface area contributed by atoms with Gasteiger partial charge in [0.1, 0.15) is 5.82 Å². The number of hydrogen-bond acceptors (Lipinski definition) is 3. The van der Waals surface area contributed by atoms with Crippen molar-refractivity contribution in [1.29, 1.82) is 0 Å². The molecule has 3 nitrogen and oxygen atoms in total. The van der Waals surface area contributed by atoms with Gasteiger partial charge in [-0.2, -0.15) is 0 Å². The quantitative estimate of drug-likeness (QED) is 0.865. The Balaban J connectivity index is 1.95. The Morgan fingerprint density at radius 1 is 1.44 bits per heavy atom. The van der Waals surface area contributed by atoms with Crippen LogP contribution in [0.5, 0.6) is 0 Å². The summed E-state index contributed by atoms with van der Waals surface area (Å²) in [4.78, 5) is 6.95. The number of piperidine rings is 1. The number of hydrogen-bond donors (Lipinski definition) is 1. The van der Waals surface area contributed by atoms with Gasteiger partial charge in [0.2, 0.25) is 0 Å². The summed E-state index contributed by atoms with van der Waals surface area (Å²) in [6.45, 7) is 7.81. The summed E-state index contributed by atoms with van der Waals surface area (Å²) in [5.74, 6) is 1.01. The van der Waals surface area contributed by atoms with E-state index >= 15 is 0 Å². The lowest BCUT2D eigenvalue weighted by atomic mass is 10.0. The first-order chi connectivity index (χ1) is 8.79. The molecule has 1 saturated heterocycles. The minimum Gasteiger partial charge on any atom is -0.370 e. The summed E-state index contributed by atoms with van der Waals surface area (Å²) in [7, 11) is 0. The molecule has 2 heterocycles. The van der Waals surface area contributed by atoms with Crippen LogP contribution in [-0.4, -0.2) is 29.0 Å². The lowest BCUT2D eigenvalue weighted by molar-refractivity contribution is 0.152. The standard InChI is InChI=1S/C15H25N3/c1-3-8-16-15-11-14(7-9-17-15)12-18-10-5-4-6-13(18)2/h7,9,11,13H,3-6,8,10,12H2,1-2H3,(H,16,17). The van der Waals surface area contributed by atoms with Gasteiger partial charge in [-0.15, -0.1) is 0 Å². The van der Waals surface area contributed by atoms with Crippen molar-refractivity contribution in [3.63, 3.8) is 0 Å². The van der Waals surface area contributed by atoms with E-state index in [9.17, 15) is 0 Å². The van der Waals surface area contributed by atoms with Gasteiger partial charge in [-0.1, -0.05) is 13.3 Å². The van der Waals surface area contributed by atoms with Crippen LogP contribution in [0.25, 0.3) is 0 Å². The minimum absolute atomic E-state index is 0.721. The summed E-state index contributed by atoms with van der Waals surface area (Å²) in [6.07, 6.45) is 7.12. The van der Waals surface area contributed by atoms with E-state index in [1.54, 1.807) is 0 Å². The number of pyridine rings is 1. The Morgan fingerprint density at radius 2 is 2.33 bits per heavy atom. The fourth-order valence-electron chi connectivity index (χ4n) is 2.55. The first kappa shape index (κ1) is 13.3. The van der Waals surface area contributed by atoms with Crippen molar-refractivity contribution in [3.05, 3.63) is 23.9 Å². The van der Waals surface area contributed by atoms with Crippen LogP contribution in [-0.2, 0) is 6.54 Å². The molecular weight excluding hydrogens is 222 g/mol. The van der Waals surface area contributed by atoms with Crippen LogP contribution in [0.15, 0.2) is 18.3 Å². The van der Waals surface area contributed by atoms with Gasteiger partial charge in [-0.3, -0.25) is 4.90 Å². The zero-order chi connectivity index (χ0) is 12.8. The van der Waals surface area contributed by atoms with Gasteiger partial charge >= 0.3 is 0 Å². The number of aromatic nitrogens is 1. The van der Waals surface area contributed by atoms with Gasteiger partial charge in [0.15, 0.2) is 0 Å². The molecule has 1 aromatic rings. The maximum absolute atomic E-state index is 4.36. The van der Waals surface area contributed by atoms with Gasteiger partial charge in [-0.25, -0.2) is 4.98 Å². The van der Waals surface area contributed by atoms with E-state index in [4.69, 9.17) is 0 Å². The number of rotatable bonds is 5. The SMILES string of the molecule is CCCNc1cc(CN2CCCCC2C)ccn1. The van der Waals surface area contributed by atoms with E-state index in [0.717, 1.165) is 31.4 Å². The third-order valence-electron chi connectivity index (χ3n) is 3.71. The van der Waals surface area contributed by atoms with Gasteiger partial charge in [-0.05, 0) is 50.4 Å². The molecule has 0 spiro atoms. The van der Waals surface area contributed by atoms with Crippen LogP contribution in [0.4, 0.5) is 5.82 Å². The fourth-order valence-corrected chi connectivity index (χ4v) is 2.55. The number of nitrogens with one attached hydrogen (secondary N) is 1. The number of likely N-dealkylation sites (tertiary alicyclic amines) is 1. The molecule has 1 aromatic heterocycles. The highest BCUT2D eigenvalue weighted by molar-refractivity contribution is 5.37. The molecule has 18 heavy (non-hydrogen) atoms. The van der Waals surface area contributed by atoms with Gasteiger partial charge in [0, 0.05) is 25.3 Å². The Morgan fingerprint density at radius 3 is 3.11 bits per heavy atom. The number of anilines is 1. The summed E-state index contributed by atoms with van der Waals surface area (Å²) in [5, 5.41) is 3.35. The predicted octanol–water partition coefficient (Wildman–Crippen LogP) is 3.28. The van der Waals surface area contributed by atoms with E-state index < -0.39 is 0 Å². The van der Waals surface area contributed by atoms with Crippen LogP contribution in [0.2, 0.25) is 0 Å². The van der Waals surface area contributed by atoms with Crippen molar-refractivity contribution >= 4 is 5.82 Å². The van der Waals surface area contributed by atoms with Crippen molar-refractivity contribution in [2.75, 3.05) is 18.4 Å². The molecule has 100 valence electrons. The maximum Gasteiger partial charge on any atom is 0.126 e. The van der Waals surface area contributed by atoms with E-state index in [1.807, 2.05) is 6.20 Å². The highest BCUT2D eigenvalue weighted by atomic mass is 15.2. The van der Waals surface area contributed by atoms with Crippen molar-refractivity contribution < 1.29 is 0 Å². The van der Waals surface area contributed by atoms with Crippen LogP contribution >= 0.6 is 0 Å². The third-order valence-corrected chi connectivity index (χ3v) is 3.71. The monoisotopic (exact) mass is 247 g/mol. The first-order valence-electron chi connectivity index (χ1n) is 7.22. The van der Waals surface area contributed by atoms with Crippen LogP contribution in [0.3, 0.4) is 0 Å². The molecule has 1 N–H and O–H groups in total. The molecule has 1 aliphatic heterocycles. The molecule has 0 aromatic carbocycles. The van der Waals surface area contributed by atoms with E-state index in [0.29, 0.717) is 0 Å². The van der Waals surface area contributed by atoms with Crippen molar-refractivity contribution in [1.82, 2.24) is 9.88 Å². The summed E-state index contributed by atoms with van der Waals surface area (Å²) < 4.78 is 0. The normalized spacial score (nSPS) is 20.9. The second-order valence-electron chi connectivity index (χ2n) is 5.29. The van der Waals surface area contributed by atoms with Crippen LogP contribution in [0, 0.1) is 0 Å². The van der Waals surface area contributed by atoms with Gasteiger partial charge in [0.25, 0.3) is 0 Å². The molecule has 1 atom stereocenters. The zero-order valence-corrected chi connectivity index (χ0v) is 11.7. The first-order valence-corrected chi connectivity index (χ1v) is 7.22. The van der Waals surface area contributed by atoms with E-state index in [-0.39, 0.29) is 0 Å². The summed E-state index contributed by atoms with van der Waals surface area (Å²) in [5.41, 5.74) is 1.37. The smallest absolute Gasteiger partial charge is 0.126 e. The van der Waals surface area contributed by atoms with Crippen LogP contribution < -0.4 is 5.32 Å². The molecule has 1 unspecified atom stereocenters. The van der Waals surface area contributed by atoms with Gasteiger partial charge < -0.3 is 5.32 Å².